The zero-order chi connectivity index (χ0) is 15.3. The number of hydrogen-bond donors (Lipinski definition) is 3. The molecule has 0 heterocycles. The molecule has 110 valence electrons. The molecule has 7 heteroatoms. The normalized spacial score (nSPS) is 12.0. The number of rotatable bonds is 6. The second-order valence-corrected chi connectivity index (χ2v) is 4.36. The molecular weight excluding hydrogens is 270 g/mol. The van der Waals surface area contributed by atoms with Crippen LogP contribution in [0.2, 0.25) is 0 Å². The zero-order valence-electron chi connectivity index (χ0n) is 11.0. The molecule has 20 heavy (non-hydrogen) atoms. The van der Waals surface area contributed by atoms with Gasteiger partial charge in [-0.15, -0.1) is 0 Å². The van der Waals surface area contributed by atoms with Crippen LogP contribution in [0.15, 0.2) is 12.1 Å². The number of carboxylic acid groups (broad SMARTS) is 1. The van der Waals surface area contributed by atoms with E-state index in [9.17, 15) is 18.4 Å². The quantitative estimate of drug-likeness (QED) is 0.746. The highest BCUT2D eigenvalue weighted by Gasteiger charge is 2.19. The van der Waals surface area contributed by atoms with E-state index in [1.54, 1.807) is 0 Å². The van der Waals surface area contributed by atoms with E-state index in [4.69, 9.17) is 10.8 Å². The van der Waals surface area contributed by atoms with Gasteiger partial charge in [0.2, 0.25) is 5.91 Å². The van der Waals surface area contributed by atoms with Gasteiger partial charge in [-0.2, -0.15) is 0 Å². The van der Waals surface area contributed by atoms with Gasteiger partial charge in [0.15, 0.2) is 0 Å². The average Bonchev–Trinajstić information content (AvgIpc) is 2.38. The molecule has 0 saturated heterocycles. The summed E-state index contributed by atoms with van der Waals surface area (Å²) >= 11 is 0. The van der Waals surface area contributed by atoms with E-state index in [-0.39, 0.29) is 0 Å². The molecule has 1 aromatic carbocycles. The lowest BCUT2D eigenvalue weighted by Crippen LogP contribution is -2.35. The Bertz CT molecular complexity index is 521. The molecule has 0 radical (unpaired) electrons. The van der Waals surface area contributed by atoms with Crippen molar-refractivity contribution in [3.8, 4) is 0 Å². The van der Waals surface area contributed by atoms with E-state index in [0.29, 0.717) is 12.5 Å². The number of amides is 1. The van der Waals surface area contributed by atoms with Crippen molar-refractivity contribution >= 4 is 17.6 Å². The van der Waals surface area contributed by atoms with Crippen LogP contribution in [-0.4, -0.2) is 23.0 Å². The summed E-state index contributed by atoms with van der Waals surface area (Å²) < 4.78 is 26.7. The first-order chi connectivity index (χ1) is 9.36. The van der Waals surface area contributed by atoms with Crippen LogP contribution >= 0.6 is 0 Å². The predicted octanol–water partition coefficient (Wildman–Crippen LogP) is 2.12. The lowest BCUT2D eigenvalue weighted by Gasteiger charge is -2.13. The molecule has 0 unspecified atom stereocenters. The van der Waals surface area contributed by atoms with Gasteiger partial charge < -0.3 is 16.2 Å². The van der Waals surface area contributed by atoms with Crippen LogP contribution in [-0.2, 0) is 4.79 Å². The molecule has 4 N–H and O–H groups in total. The predicted molar refractivity (Wildman–Crippen MR) is 69.4 cm³/mol. The molecule has 0 aliphatic rings. The third-order valence-corrected chi connectivity index (χ3v) is 2.75. The van der Waals surface area contributed by atoms with E-state index in [0.717, 1.165) is 18.9 Å². The molecule has 1 amide bonds. The number of halogens is 2. The van der Waals surface area contributed by atoms with Crippen molar-refractivity contribution in [2.24, 2.45) is 5.73 Å². The second-order valence-electron chi connectivity index (χ2n) is 4.36. The van der Waals surface area contributed by atoms with E-state index in [1.807, 2.05) is 6.92 Å². The van der Waals surface area contributed by atoms with Crippen molar-refractivity contribution in [1.29, 1.82) is 0 Å². The third-order valence-electron chi connectivity index (χ3n) is 2.75. The summed E-state index contributed by atoms with van der Waals surface area (Å²) in [5.74, 6) is -4.44. The third kappa shape index (κ3) is 3.99. The summed E-state index contributed by atoms with van der Waals surface area (Å²) in [4.78, 5) is 22.4. The highest BCUT2D eigenvalue weighted by atomic mass is 19.1. The average molecular weight is 286 g/mol. The molecule has 0 saturated carbocycles. The minimum Gasteiger partial charge on any atom is -0.478 e. The first-order valence-corrected chi connectivity index (χ1v) is 6.15. The van der Waals surface area contributed by atoms with Gasteiger partial charge in [0.25, 0.3) is 0 Å². The summed E-state index contributed by atoms with van der Waals surface area (Å²) in [6.07, 6.45) is 2.02. The summed E-state index contributed by atoms with van der Waals surface area (Å²) in [5, 5.41) is 10.9. The Morgan fingerprint density at radius 2 is 2.00 bits per heavy atom. The summed E-state index contributed by atoms with van der Waals surface area (Å²) in [6.45, 7) is 1.93. The van der Waals surface area contributed by atoms with Crippen LogP contribution in [0.3, 0.4) is 0 Å². The van der Waals surface area contributed by atoms with Crippen LogP contribution in [0.25, 0.3) is 0 Å². The fraction of sp³-hybridized carbons (Fsp3) is 0.385. The number of nitrogens with two attached hydrogens (primary N) is 1. The molecule has 1 rings (SSSR count). The molecule has 5 nitrogen and oxygen atoms in total. The number of benzene rings is 1. The van der Waals surface area contributed by atoms with Gasteiger partial charge in [0.1, 0.15) is 11.6 Å². The Morgan fingerprint density at radius 1 is 1.35 bits per heavy atom. The molecule has 0 spiro atoms. The number of anilines is 1. The molecule has 0 bridgehead atoms. The Balaban J connectivity index is 2.89. The van der Waals surface area contributed by atoms with Gasteiger partial charge >= 0.3 is 5.97 Å². The molecular formula is C13H16F2N2O3. The van der Waals surface area contributed by atoms with Crippen LogP contribution in [0, 0.1) is 11.6 Å². The van der Waals surface area contributed by atoms with Gasteiger partial charge in [0.05, 0.1) is 17.3 Å². The number of carbonyl (C=O) groups excluding carboxylic acids is 1. The van der Waals surface area contributed by atoms with Gasteiger partial charge in [-0.1, -0.05) is 19.8 Å². The maximum absolute atomic E-state index is 13.5. The Morgan fingerprint density at radius 3 is 2.55 bits per heavy atom. The van der Waals surface area contributed by atoms with Crippen molar-refractivity contribution in [3.05, 3.63) is 29.3 Å². The first kappa shape index (κ1) is 16.0. The summed E-state index contributed by atoms with van der Waals surface area (Å²) in [6, 6.07) is 0.321. The summed E-state index contributed by atoms with van der Waals surface area (Å²) in [5.41, 5.74) is 4.48. The lowest BCUT2D eigenvalue weighted by molar-refractivity contribution is -0.117. The number of nitrogens with one attached hydrogen (secondary N) is 1. The van der Waals surface area contributed by atoms with Gasteiger partial charge in [-0.3, -0.25) is 4.79 Å². The highest BCUT2D eigenvalue weighted by molar-refractivity contribution is 5.96. The van der Waals surface area contributed by atoms with E-state index < -0.39 is 40.8 Å². The first-order valence-electron chi connectivity index (χ1n) is 6.15. The zero-order valence-corrected chi connectivity index (χ0v) is 11.0. The number of unbranched alkanes of at least 4 members (excludes halogenated alkanes) is 1. The topological polar surface area (TPSA) is 92.4 Å². The molecule has 0 fully saturated rings. The van der Waals surface area contributed by atoms with E-state index in [2.05, 4.69) is 5.32 Å². The van der Waals surface area contributed by atoms with Gasteiger partial charge in [-0.05, 0) is 12.5 Å². The SMILES string of the molecule is CCCC[C@H](N)C(=O)Nc1cc(C(=O)O)c(F)cc1F. The second kappa shape index (κ2) is 6.95. The molecule has 0 aliphatic heterocycles. The number of aromatic carboxylic acids is 1. The van der Waals surface area contributed by atoms with Crippen molar-refractivity contribution in [3.63, 3.8) is 0 Å². The monoisotopic (exact) mass is 286 g/mol. The number of hydrogen-bond acceptors (Lipinski definition) is 3. The summed E-state index contributed by atoms with van der Waals surface area (Å²) in [7, 11) is 0. The van der Waals surface area contributed by atoms with Crippen LogP contribution in [0.1, 0.15) is 36.5 Å². The molecule has 1 atom stereocenters. The van der Waals surface area contributed by atoms with Gasteiger partial charge in [-0.25, -0.2) is 13.6 Å². The van der Waals surface area contributed by atoms with Crippen molar-refractivity contribution < 1.29 is 23.5 Å². The Labute approximate surface area is 114 Å². The molecule has 0 aromatic heterocycles. The van der Waals surface area contributed by atoms with E-state index >= 15 is 0 Å². The maximum Gasteiger partial charge on any atom is 0.338 e. The van der Waals surface area contributed by atoms with Crippen molar-refractivity contribution in [2.75, 3.05) is 5.32 Å². The fourth-order valence-electron chi connectivity index (χ4n) is 1.59. The minimum atomic E-state index is -1.55. The van der Waals surface area contributed by atoms with Crippen molar-refractivity contribution in [2.45, 2.75) is 32.2 Å². The smallest absolute Gasteiger partial charge is 0.338 e. The number of carbonyl (C=O) groups is 2. The van der Waals surface area contributed by atoms with E-state index in [1.165, 1.54) is 0 Å². The van der Waals surface area contributed by atoms with Gasteiger partial charge in [0, 0.05) is 6.07 Å². The van der Waals surface area contributed by atoms with Crippen LogP contribution in [0.4, 0.5) is 14.5 Å². The minimum absolute atomic E-state index is 0.402. The Kier molecular flexibility index (Phi) is 5.57. The standard InChI is InChI=1S/C13H16F2N2O3/c1-2-3-4-10(16)12(18)17-11-5-7(13(19)20)8(14)6-9(11)15/h5-6,10H,2-4,16H2,1H3,(H,17,18)(H,19,20)/t10-/m0/s1. The Hall–Kier alpha value is -2.02. The molecule has 0 aliphatic carbocycles. The lowest BCUT2D eigenvalue weighted by atomic mass is 10.1. The number of carboxylic acids is 1. The highest BCUT2D eigenvalue weighted by Crippen LogP contribution is 2.20. The van der Waals surface area contributed by atoms with Crippen LogP contribution < -0.4 is 11.1 Å². The molecule has 1 aromatic rings. The van der Waals surface area contributed by atoms with Crippen LogP contribution in [0.5, 0.6) is 0 Å². The maximum atomic E-state index is 13.5. The largest absolute Gasteiger partial charge is 0.478 e. The fourth-order valence-corrected chi connectivity index (χ4v) is 1.59. The van der Waals surface area contributed by atoms with Crippen molar-refractivity contribution in [1.82, 2.24) is 0 Å².